The Morgan fingerprint density at radius 3 is 2.60 bits per heavy atom. The Labute approximate surface area is 150 Å². The number of hydrazone groups is 1. The Kier molecular flexibility index (Phi) is 4.62. The van der Waals surface area contributed by atoms with Crippen LogP contribution in [0, 0.1) is 0 Å². The lowest BCUT2D eigenvalue weighted by molar-refractivity contribution is -0.137. The van der Waals surface area contributed by atoms with E-state index < -0.39 is 23.3 Å². The maximum atomic E-state index is 12.8. The molecule has 1 aliphatic rings. The van der Waals surface area contributed by atoms with Crippen LogP contribution in [-0.2, 0) is 6.18 Å². The molecule has 2 aromatic carbocycles. The molecule has 9 heteroatoms. The molecule has 0 bridgehead atoms. The van der Waals surface area contributed by atoms with Crippen molar-refractivity contribution in [3.63, 3.8) is 0 Å². The number of halogens is 5. The molecule has 3 rings (SSSR count). The van der Waals surface area contributed by atoms with Crippen molar-refractivity contribution in [1.29, 1.82) is 0 Å². The van der Waals surface area contributed by atoms with Crippen molar-refractivity contribution in [2.75, 3.05) is 5.32 Å². The number of benzene rings is 2. The number of carbonyl (C=O) groups excluding carboxylic acids is 1. The minimum absolute atomic E-state index is 0.0335. The molecule has 0 aliphatic carbocycles. The van der Waals surface area contributed by atoms with Gasteiger partial charge in [-0.25, -0.2) is 4.79 Å². The van der Waals surface area contributed by atoms with Crippen LogP contribution in [0.1, 0.15) is 22.2 Å². The summed E-state index contributed by atoms with van der Waals surface area (Å²) < 4.78 is 38.3. The van der Waals surface area contributed by atoms with Gasteiger partial charge in [0.25, 0.3) is 0 Å². The smallest absolute Gasteiger partial charge is 0.306 e. The van der Waals surface area contributed by atoms with Gasteiger partial charge in [-0.1, -0.05) is 53.5 Å². The molecule has 1 aliphatic heterocycles. The summed E-state index contributed by atoms with van der Waals surface area (Å²) in [6.45, 7) is 0. The van der Waals surface area contributed by atoms with E-state index in [-0.39, 0.29) is 10.9 Å². The Hall–Kier alpha value is -2.25. The lowest BCUT2D eigenvalue weighted by Crippen LogP contribution is -2.35. The van der Waals surface area contributed by atoms with E-state index >= 15 is 0 Å². The van der Waals surface area contributed by atoms with Gasteiger partial charge < -0.3 is 5.32 Å². The zero-order valence-electron chi connectivity index (χ0n) is 12.4. The van der Waals surface area contributed by atoms with Crippen LogP contribution >= 0.6 is 23.2 Å². The summed E-state index contributed by atoms with van der Waals surface area (Å²) in [6, 6.07) is 10.3. The first-order chi connectivity index (χ1) is 11.8. The summed E-state index contributed by atoms with van der Waals surface area (Å²) in [6.07, 6.45) is -4.51. The first-order valence-corrected chi connectivity index (χ1v) is 7.84. The van der Waals surface area contributed by atoms with Crippen LogP contribution in [0.5, 0.6) is 0 Å². The third-order valence-corrected chi connectivity index (χ3v) is 4.20. The molecule has 2 amide bonds. The lowest BCUT2D eigenvalue weighted by Gasteiger charge is -2.28. The molecular weight excluding hydrogens is 378 g/mol. The van der Waals surface area contributed by atoms with E-state index in [1.165, 1.54) is 12.1 Å². The van der Waals surface area contributed by atoms with Crippen LogP contribution in [-0.4, -0.2) is 16.2 Å². The fourth-order valence-corrected chi connectivity index (χ4v) is 2.90. The summed E-state index contributed by atoms with van der Waals surface area (Å²) >= 11 is 12.3. The second kappa shape index (κ2) is 6.57. The van der Waals surface area contributed by atoms with Gasteiger partial charge in [-0.2, -0.15) is 23.3 Å². The Morgan fingerprint density at radius 2 is 1.88 bits per heavy atom. The van der Waals surface area contributed by atoms with Gasteiger partial charge in [-0.05, 0) is 18.2 Å². The van der Waals surface area contributed by atoms with Crippen LogP contribution in [0.4, 0.5) is 23.7 Å². The highest BCUT2D eigenvalue weighted by Crippen LogP contribution is 2.35. The number of amides is 2. The van der Waals surface area contributed by atoms with Gasteiger partial charge in [0.05, 0.1) is 5.56 Å². The molecule has 0 radical (unpaired) electrons. The Balaban J connectivity index is 1.84. The Morgan fingerprint density at radius 1 is 1.16 bits per heavy atom. The summed E-state index contributed by atoms with van der Waals surface area (Å²) in [7, 11) is 0. The first-order valence-electron chi connectivity index (χ1n) is 7.02. The van der Waals surface area contributed by atoms with Gasteiger partial charge in [0.15, 0.2) is 10.7 Å². The van der Waals surface area contributed by atoms with Gasteiger partial charge in [0.1, 0.15) is 0 Å². The highest BCUT2D eigenvalue weighted by Gasteiger charge is 2.32. The second-order valence-electron chi connectivity index (χ2n) is 5.17. The average molecular weight is 388 g/mol. The molecule has 4 nitrogen and oxygen atoms in total. The van der Waals surface area contributed by atoms with Crippen LogP contribution < -0.4 is 5.32 Å². The predicted octanol–water partition coefficient (Wildman–Crippen LogP) is 5.39. The number of rotatable bonds is 1. The van der Waals surface area contributed by atoms with Gasteiger partial charge in [-0.3, -0.25) is 0 Å². The zero-order chi connectivity index (χ0) is 18.2. The fraction of sp³-hybridized carbons (Fsp3) is 0.125. The van der Waals surface area contributed by atoms with Crippen molar-refractivity contribution in [2.24, 2.45) is 5.10 Å². The molecule has 0 saturated heterocycles. The van der Waals surface area contributed by atoms with Crippen molar-refractivity contribution in [2.45, 2.75) is 11.7 Å². The van der Waals surface area contributed by atoms with Crippen LogP contribution in [0.25, 0.3) is 0 Å². The third-order valence-electron chi connectivity index (χ3n) is 3.50. The monoisotopic (exact) mass is 387 g/mol. The molecule has 1 atom stereocenters. The molecule has 0 saturated carbocycles. The quantitative estimate of drug-likeness (QED) is 0.517. The van der Waals surface area contributed by atoms with Crippen LogP contribution in [0.15, 0.2) is 53.6 Å². The zero-order valence-corrected chi connectivity index (χ0v) is 13.9. The van der Waals surface area contributed by atoms with Gasteiger partial charge >= 0.3 is 12.2 Å². The summed E-state index contributed by atoms with van der Waals surface area (Å²) in [4.78, 5) is 12.4. The average Bonchev–Trinajstić information content (AvgIpc) is 2.57. The summed E-state index contributed by atoms with van der Waals surface area (Å²) in [5.41, 5.74) is -0.688. The molecule has 1 N–H and O–H groups in total. The summed E-state index contributed by atoms with van der Waals surface area (Å²) in [5, 5.41) is 7.21. The van der Waals surface area contributed by atoms with Crippen molar-refractivity contribution in [1.82, 2.24) is 5.01 Å². The van der Waals surface area contributed by atoms with Crippen LogP contribution in [0.2, 0.25) is 0 Å². The van der Waals surface area contributed by atoms with Crippen molar-refractivity contribution >= 4 is 40.1 Å². The minimum Gasteiger partial charge on any atom is -0.306 e. The first kappa shape index (κ1) is 17.6. The van der Waals surface area contributed by atoms with Gasteiger partial charge in [0.2, 0.25) is 0 Å². The van der Waals surface area contributed by atoms with Gasteiger partial charge in [-0.15, -0.1) is 0 Å². The largest absolute Gasteiger partial charge is 0.416 e. The highest BCUT2D eigenvalue weighted by atomic mass is 35.5. The molecule has 0 aromatic heterocycles. The van der Waals surface area contributed by atoms with E-state index in [0.29, 0.717) is 11.1 Å². The number of carbonyl (C=O) groups is 1. The molecular formula is C16H10Cl2F3N3O. The lowest BCUT2D eigenvalue weighted by atomic mass is 10.1. The van der Waals surface area contributed by atoms with E-state index in [0.717, 1.165) is 17.1 Å². The van der Waals surface area contributed by atoms with E-state index in [1.54, 1.807) is 24.3 Å². The van der Waals surface area contributed by atoms with Crippen molar-refractivity contribution < 1.29 is 18.0 Å². The Bertz CT molecular complexity index is 855. The van der Waals surface area contributed by atoms with E-state index in [4.69, 9.17) is 23.2 Å². The second-order valence-corrected chi connectivity index (χ2v) is 5.94. The summed E-state index contributed by atoms with van der Waals surface area (Å²) in [5.74, 6) is 0. The van der Waals surface area contributed by atoms with E-state index in [9.17, 15) is 18.0 Å². The fourth-order valence-electron chi connectivity index (χ4n) is 2.33. The highest BCUT2D eigenvalue weighted by molar-refractivity contribution is 6.70. The number of hydrogen-bond acceptors (Lipinski definition) is 2. The van der Waals surface area contributed by atoms with Crippen molar-refractivity contribution in [3.8, 4) is 0 Å². The maximum Gasteiger partial charge on any atom is 0.416 e. The number of urea groups is 1. The number of nitrogens with zero attached hydrogens (tertiary/aromatic N) is 2. The maximum absolute atomic E-state index is 12.8. The molecule has 0 fully saturated rings. The van der Waals surface area contributed by atoms with Crippen LogP contribution in [0.3, 0.4) is 0 Å². The standard InChI is InChI=1S/C16H10Cl2F3N3O/c17-13-11-6-1-2-7-12(11)14(18)24(23-13)15(25)22-10-5-3-4-9(8-10)16(19,20)21/h1-8,14H,(H,22,25). The predicted molar refractivity (Wildman–Crippen MR) is 89.7 cm³/mol. The number of anilines is 1. The topological polar surface area (TPSA) is 44.7 Å². The SMILES string of the molecule is O=C(Nc1cccc(C(F)(F)F)c1)N1N=C(Cl)c2ccccc2C1Cl. The molecule has 1 unspecified atom stereocenters. The van der Waals surface area contributed by atoms with Gasteiger partial charge in [0, 0.05) is 16.8 Å². The van der Waals surface area contributed by atoms with E-state index in [1.807, 2.05) is 0 Å². The molecule has 25 heavy (non-hydrogen) atoms. The third kappa shape index (κ3) is 3.57. The van der Waals surface area contributed by atoms with Crippen molar-refractivity contribution in [3.05, 3.63) is 65.2 Å². The molecule has 0 spiro atoms. The minimum atomic E-state index is -4.51. The molecule has 1 heterocycles. The molecule has 2 aromatic rings. The number of nitrogens with one attached hydrogen (secondary N) is 1. The van der Waals surface area contributed by atoms with E-state index in [2.05, 4.69) is 10.4 Å². The molecule has 130 valence electrons. The number of hydrogen-bond donors (Lipinski definition) is 1. The normalized spacial score (nSPS) is 16.9. The number of alkyl halides is 4. The number of fused-ring (bicyclic) bond motifs is 1.